The lowest BCUT2D eigenvalue weighted by molar-refractivity contribution is -0.385. The maximum atomic E-state index is 12.1. The van der Waals surface area contributed by atoms with Gasteiger partial charge in [0.2, 0.25) is 0 Å². The fourth-order valence-electron chi connectivity index (χ4n) is 2.08. The van der Waals surface area contributed by atoms with Crippen molar-refractivity contribution in [3.05, 3.63) is 33.9 Å². The number of amides is 1. The molecule has 6 heteroatoms. The Bertz CT molecular complexity index is 526. The Morgan fingerprint density at radius 1 is 1.55 bits per heavy atom. The molecule has 0 saturated heterocycles. The first-order valence-corrected chi connectivity index (χ1v) is 6.75. The number of nitro groups is 1. The van der Waals surface area contributed by atoms with Gasteiger partial charge in [-0.05, 0) is 44.7 Å². The lowest BCUT2D eigenvalue weighted by atomic mass is 10.1. The fourth-order valence-corrected chi connectivity index (χ4v) is 2.08. The molecule has 1 saturated carbocycles. The Morgan fingerprint density at radius 2 is 2.25 bits per heavy atom. The van der Waals surface area contributed by atoms with Gasteiger partial charge in [-0.3, -0.25) is 14.9 Å². The van der Waals surface area contributed by atoms with E-state index in [0.717, 1.165) is 12.8 Å². The predicted octanol–water partition coefficient (Wildman–Crippen LogP) is 2.52. The van der Waals surface area contributed by atoms with E-state index in [2.05, 4.69) is 5.32 Å². The number of carbonyl (C=O) groups is 1. The monoisotopic (exact) mass is 278 g/mol. The van der Waals surface area contributed by atoms with E-state index in [1.807, 2.05) is 6.92 Å². The highest BCUT2D eigenvalue weighted by molar-refractivity contribution is 5.95. The second-order valence-electron chi connectivity index (χ2n) is 4.97. The van der Waals surface area contributed by atoms with E-state index in [9.17, 15) is 14.9 Å². The lowest BCUT2D eigenvalue weighted by Gasteiger charge is -2.13. The molecule has 1 atom stereocenters. The Morgan fingerprint density at radius 3 is 2.80 bits per heavy atom. The first-order valence-electron chi connectivity index (χ1n) is 6.75. The summed E-state index contributed by atoms with van der Waals surface area (Å²) in [6.07, 6.45) is 2.26. The van der Waals surface area contributed by atoms with Gasteiger partial charge in [0.05, 0.1) is 11.5 Å². The molecule has 1 amide bonds. The van der Waals surface area contributed by atoms with E-state index < -0.39 is 4.92 Å². The van der Waals surface area contributed by atoms with Crippen molar-refractivity contribution in [1.29, 1.82) is 0 Å². The van der Waals surface area contributed by atoms with Crippen LogP contribution in [0.15, 0.2) is 18.2 Å². The third-order valence-corrected chi connectivity index (χ3v) is 3.41. The summed E-state index contributed by atoms with van der Waals surface area (Å²) < 4.78 is 5.19. The van der Waals surface area contributed by atoms with Crippen molar-refractivity contribution in [2.45, 2.75) is 32.7 Å². The maximum Gasteiger partial charge on any atom is 0.311 e. The maximum absolute atomic E-state index is 12.1. The summed E-state index contributed by atoms with van der Waals surface area (Å²) in [5, 5.41) is 13.9. The third-order valence-electron chi connectivity index (χ3n) is 3.41. The van der Waals surface area contributed by atoms with Crippen molar-refractivity contribution in [1.82, 2.24) is 5.32 Å². The SMILES string of the molecule is CCOc1ccc(C(=O)N[C@@H](C)C2CC2)cc1[N+](=O)[O-]. The van der Waals surface area contributed by atoms with Crippen molar-refractivity contribution < 1.29 is 14.5 Å². The minimum absolute atomic E-state index is 0.105. The molecule has 1 N–H and O–H groups in total. The van der Waals surface area contributed by atoms with Crippen LogP contribution in [0, 0.1) is 16.0 Å². The molecule has 2 rings (SSSR count). The van der Waals surface area contributed by atoms with Crippen molar-refractivity contribution in [3.63, 3.8) is 0 Å². The van der Waals surface area contributed by atoms with Crippen LogP contribution in [0.25, 0.3) is 0 Å². The molecule has 1 aromatic rings. The summed E-state index contributed by atoms with van der Waals surface area (Å²) in [5.41, 5.74) is 0.103. The fraction of sp³-hybridized carbons (Fsp3) is 0.500. The number of hydrogen-bond donors (Lipinski definition) is 1. The van der Waals surface area contributed by atoms with Gasteiger partial charge in [-0.1, -0.05) is 0 Å². The standard InChI is InChI=1S/C14H18N2O4/c1-3-20-13-7-6-11(8-12(13)16(18)19)14(17)15-9(2)10-4-5-10/h6-10H,3-5H2,1-2H3,(H,15,17)/t9-/m0/s1. The van der Waals surface area contributed by atoms with Crippen LogP contribution in [0.3, 0.4) is 0 Å². The summed E-state index contributed by atoms with van der Waals surface area (Å²) >= 11 is 0. The van der Waals surface area contributed by atoms with Crippen LogP contribution in [0.4, 0.5) is 5.69 Å². The van der Waals surface area contributed by atoms with Crippen LogP contribution in [0.5, 0.6) is 5.75 Å². The summed E-state index contributed by atoms with van der Waals surface area (Å²) in [6, 6.07) is 4.39. The summed E-state index contributed by atoms with van der Waals surface area (Å²) in [6.45, 7) is 4.05. The van der Waals surface area contributed by atoms with Crippen molar-refractivity contribution in [2.24, 2.45) is 5.92 Å². The molecular weight excluding hydrogens is 260 g/mol. The van der Waals surface area contributed by atoms with Gasteiger partial charge < -0.3 is 10.1 Å². The molecule has 0 unspecified atom stereocenters. The van der Waals surface area contributed by atoms with E-state index in [1.54, 1.807) is 13.0 Å². The van der Waals surface area contributed by atoms with E-state index in [4.69, 9.17) is 4.74 Å². The zero-order valence-electron chi connectivity index (χ0n) is 11.6. The largest absolute Gasteiger partial charge is 0.487 e. The number of ether oxygens (including phenoxy) is 1. The van der Waals surface area contributed by atoms with Crippen LogP contribution < -0.4 is 10.1 Å². The lowest BCUT2D eigenvalue weighted by Crippen LogP contribution is -2.33. The molecule has 0 aliphatic heterocycles. The van der Waals surface area contributed by atoms with Crippen LogP contribution in [0.2, 0.25) is 0 Å². The Labute approximate surface area is 117 Å². The molecule has 20 heavy (non-hydrogen) atoms. The van der Waals surface area contributed by atoms with Crippen molar-refractivity contribution >= 4 is 11.6 Å². The van der Waals surface area contributed by atoms with E-state index >= 15 is 0 Å². The first kappa shape index (κ1) is 14.3. The van der Waals surface area contributed by atoms with Crippen molar-refractivity contribution in [3.8, 4) is 5.75 Å². The summed E-state index contributed by atoms with van der Waals surface area (Å²) in [5.74, 6) is 0.441. The van der Waals surface area contributed by atoms with E-state index in [1.165, 1.54) is 12.1 Å². The minimum atomic E-state index is -0.536. The molecule has 0 aromatic heterocycles. The average Bonchev–Trinajstić information content (AvgIpc) is 3.23. The van der Waals surface area contributed by atoms with Gasteiger partial charge in [0, 0.05) is 17.7 Å². The molecule has 0 bridgehead atoms. The highest BCUT2D eigenvalue weighted by atomic mass is 16.6. The van der Waals surface area contributed by atoms with Crippen LogP contribution >= 0.6 is 0 Å². The molecule has 6 nitrogen and oxygen atoms in total. The van der Waals surface area contributed by atoms with E-state index in [-0.39, 0.29) is 28.9 Å². The van der Waals surface area contributed by atoms with E-state index in [0.29, 0.717) is 12.5 Å². The van der Waals surface area contributed by atoms with Crippen molar-refractivity contribution in [2.75, 3.05) is 6.61 Å². The molecule has 1 fully saturated rings. The van der Waals surface area contributed by atoms with Gasteiger partial charge in [-0.2, -0.15) is 0 Å². The summed E-state index contributed by atoms with van der Waals surface area (Å²) in [7, 11) is 0. The van der Waals surface area contributed by atoms with Gasteiger partial charge in [-0.15, -0.1) is 0 Å². The minimum Gasteiger partial charge on any atom is -0.487 e. The smallest absolute Gasteiger partial charge is 0.311 e. The van der Waals surface area contributed by atoms with Gasteiger partial charge in [0.15, 0.2) is 5.75 Å². The number of rotatable bonds is 6. The molecule has 0 radical (unpaired) electrons. The van der Waals surface area contributed by atoms with Gasteiger partial charge in [-0.25, -0.2) is 0 Å². The highest BCUT2D eigenvalue weighted by Gasteiger charge is 2.29. The normalized spacial score (nSPS) is 15.5. The van der Waals surface area contributed by atoms with Crippen LogP contribution in [0.1, 0.15) is 37.0 Å². The predicted molar refractivity (Wildman–Crippen MR) is 73.9 cm³/mol. The number of nitro benzene ring substituents is 1. The quantitative estimate of drug-likeness (QED) is 0.640. The number of benzene rings is 1. The zero-order valence-corrected chi connectivity index (χ0v) is 11.6. The average molecular weight is 278 g/mol. The Hall–Kier alpha value is -2.11. The number of nitrogens with zero attached hydrogens (tertiary/aromatic N) is 1. The van der Waals surface area contributed by atoms with Gasteiger partial charge in [0.25, 0.3) is 5.91 Å². The zero-order chi connectivity index (χ0) is 14.7. The molecule has 0 spiro atoms. The van der Waals surface area contributed by atoms with Crippen LogP contribution in [-0.4, -0.2) is 23.5 Å². The number of hydrogen-bond acceptors (Lipinski definition) is 4. The number of carbonyl (C=O) groups excluding carboxylic acids is 1. The molecule has 0 heterocycles. The molecular formula is C14H18N2O4. The Balaban J connectivity index is 2.16. The first-order chi connectivity index (χ1) is 9.52. The third kappa shape index (κ3) is 3.26. The molecule has 1 aromatic carbocycles. The topological polar surface area (TPSA) is 81.5 Å². The second kappa shape index (κ2) is 5.90. The van der Waals surface area contributed by atoms with Gasteiger partial charge in [0.1, 0.15) is 0 Å². The molecule has 1 aliphatic rings. The number of nitrogens with one attached hydrogen (secondary N) is 1. The molecule has 1 aliphatic carbocycles. The Kier molecular flexibility index (Phi) is 4.22. The summed E-state index contributed by atoms with van der Waals surface area (Å²) in [4.78, 5) is 22.5. The van der Waals surface area contributed by atoms with Gasteiger partial charge >= 0.3 is 5.69 Å². The van der Waals surface area contributed by atoms with Crippen LogP contribution in [-0.2, 0) is 0 Å². The highest BCUT2D eigenvalue weighted by Crippen LogP contribution is 2.33. The molecule has 108 valence electrons. The second-order valence-corrected chi connectivity index (χ2v) is 4.97.